The van der Waals surface area contributed by atoms with Crippen LogP contribution in [0.2, 0.25) is 0 Å². The summed E-state index contributed by atoms with van der Waals surface area (Å²) < 4.78 is 12.3. The van der Waals surface area contributed by atoms with Crippen molar-refractivity contribution in [1.82, 2.24) is 9.80 Å². The van der Waals surface area contributed by atoms with Crippen LogP contribution in [-0.4, -0.2) is 94.1 Å². The molecular weight excluding hydrogens is 626 g/mol. The maximum atomic E-state index is 14.6. The van der Waals surface area contributed by atoms with E-state index in [1.165, 1.54) is 0 Å². The Labute approximate surface area is 270 Å². The van der Waals surface area contributed by atoms with Crippen LogP contribution in [0.25, 0.3) is 0 Å². The smallest absolute Gasteiger partial charge is 0.248 e. The molecule has 1 aromatic rings. The van der Waals surface area contributed by atoms with Crippen molar-refractivity contribution >= 4 is 39.3 Å². The van der Waals surface area contributed by atoms with Crippen molar-refractivity contribution in [2.75, 3.05) is 37.7 Å². The fourth-order valence-corrected chi connectivity index (χ4v) is 8.24. The summed E-state index contributed by atoms with van der Waals surface area (Å²) in [6.07, 6.45) is 5.96. The first kappa shape index (κ1) is 34.2. The van der Waals surface area contributed by atoms with Crippen molar-refractivity contribution in [2.24, 2.45) is 17.8 Å². The molecule has 242 valence electrons. The number of fused-ring (bicyclic) bond motifs is 1. The highest BCUT2D eigenvalue weighted by Crippen LogP contribution is 2.61. The number of carbonyl (C=O) groups is 3. The highest BCUT2D eigenvalue weighted by molar-refractivity contribution is 9.09. The van der Waals surface area contributed by atoms with E-state index in [0.717, 1.165) is 19.3 Å². The molecule has 0 aliphatic carbocycles. The van der Waals surface area contributed by atoms with Crippen LogP contribution in [0.3, 0.4) is 0 Å². The lowest BCUT2D eigenvalue weighted by atomic mass is 9.70. The van der Waals surface area contributed by atoms with E-state index in [4.69, 9.17) is 9.47 Å². The monoisotopic (exact) mass is 673 g/mol. The summed E-state index contributed by atoms with van der Waals surface area (Å²) in [6, 6.07) is 5.68. The van der Waals surface area contributed by atoms with Crippen LogP contribution in [0.15, 0.2) is 49.6 Å². The number of anilines is 1. The van der Waals surface area contributed by atoms with Crippen LogP contribution < -0.4 is 9.64 Å². The molecule has 3 aliphatic rings. The van der Waals surface area contributed by atoms with Crippen molar-refractivity contribution in [1.29, 1.82) is 0 Å². The number of halogens is 1. The van der Waals surface area contributed by atoms with Crippen molar-refractivity contribution in [3.8, 4) is 5.75 Å². The Bertz CT molecular complexity index is 1210. The fourth-order valence-electron chi connectivity index (χ4n) is 7.30. The number of ether oxygens (including phenoxy) is 2. The number of aliphatic hydroxyl groups excluding tert-OH is 1. The quantitative estimate of drug-likeness (QED) is 0.157. The van der Waals surface area contributed by atoms with E-state index in [0.29, 0.717) is 37.6 Å². The number of likely N-dealkylation sites (tertiary alicyclic amines) is 1. The zero-order valence-corrected chi connectivity index (χ0v) is 28.1. The molecule has 44 heavy (non-hydrogen) atoms. The molecule has 2 bridgehead atoms. The van der Waals surface area contributed by atoms with Crippen molar-refractivity contribution < 1.29 is 29.0 Å². The fraction of sp³-hybridized carbons (Fsp3) is 0.618. The first-order valence-electron chi connectivity index (χ1n) is 15.9. The highest BCUT2D eigenvalue weighted by atomic mass is 79.9. The summed E-state index contributed by atoms with van der Waals surface area (Å²) in [4.78, 5) is 48.4. The van der Waals surface area contributed by atoms with Gasteiger partial charge < -0.3 is 29.3 Å². The van der Waals surface area contributed by atoms with E-state index >= 15 is 0 Å². The summed E-state index contributed by atoms with van der Waals surface area (Å²) in [7, 11) is 0. The molecule has 3 fully saturated rings. The Morgan fingerprint density at radius 1 is 1.16 bits per heavy atom. The number of rotatable bonds is 16. The van der Waals surface area contributed by atoms with Gasteiger partial charge in [0.05, 0.1) is 37.2 Å². The van der Waals surface area contributed by atoms with Crippen LogP contribution in [0.4, 0.5) is 5.69 Å². The highest BCUT2D eigenvalue weighted by Gasteiger charge is 2.77. The number of amides is 3. The molecule has 3 aliphatic heterocycles. The first-order valence-corrected chi connectivity index (χ1v) is 16.8. The van der Waals surface area contributed by atoms with E-state index in [9.17, 15) is 19.5 Å². The number of nitrogens with zero attached hydrogens (tertiary/aromatic N) is 3. The van der Waals surface area contributed by atoms with Gasteiger partial charge in [-0.3, -0.25) is 14.4 Å². The molecule has 3 heterocycles. The van der Waals surface area contributed by atoms with Crippen LogP contribution in [0.5, 0.6) is 5.75 Å². The molecule has 0 radical (unpaired) electrons. The number of aliphatic hydroxyl groups is 1. The zero-order valence-electron chi connectivity index (χ0n) is 26.5. The van der Waals surface area contributed by atoms with Crippen LogP contribution in [-0.2, 0) is 19.1 Å². The standard InChI is InChI=1S/C34H48BrN3O6/c1-7-11-12-19-36(17-8-2)33(42)30-34-20-25(35)29(44-34)27(28(34)32(41)38(30)26(21-39)22(5)6)31(40)37(18-9-3)23-13-15-24(16-14-23)43-10-4/h8-9,13-16,22,25-30,39H,2-3,7,10-12,17-21H2,1,4-6H3/t25?,26-,27+,28-,29+,30?,34?/m0/s1. The van der Waals surface area contributed by atoms with Gasteiger partial charge in [-0.15, -0.1) is 13.2 Å². The van der Waals surface area contributed by atoms with Crippen LogP contribution >= 0.6 is 15.9 Å². The number of unbranched alkanes of at least 4 members (excludes halogenated alkanes) is 2. The number of hydrogen-bond acceptors (Lipinski definition) is 6. The molecule has 9 nitrogen and oxygen atoms in total. The Kier molecular flexibility index (Phi) is 11.3. The Balaban J connectivity index is 1.78. The van der Waals surface area contributed by atoms with Crippen molar-refractivity contribution in [2.45, 2.75) is 82.0 Å². The lowest BCUT2D eigenvalue weighted by Gasteiger charge is -2.40. The number of hydrogen-bond donors (Lipinski definition) is 1. The molecule has 1 aromatic carbocycles. The number of alkyl halides is 1. The first-order chi connectivity index (χ1) is 21.1. The molecule has 1 spiro atoms. The third-order valence-electron chi connectivity index (χ3n) is 9.29. The molecule has 1 N–H and O–H groups in total. The van der Waals surface area contributed by atoms with E-state index in [-0.39, 0.29) is 41.6 Å². The van der Waals surface area contributed by atoms with Crippen molar-refractivity contribution in [3.63, 3.8) is 0 Å². The molecule has 3 unspecified atom stereocenters. The maximum Gasteiger partial charge on any atom is 0.248 e. The minimum absolute atomic E-state index is 0.130. The van der Waals surface area contributed by atoms with Gasteiger partial charge in [0.2, 0.25) is 17.7 Å². The van der Waals surface area contributed by atoms with Gasteiger partial charge in [0.15, 0.2) is 0 Å². The molecule has 10 heteroatoms. The van der Waals surface area contributed by atoms with Gasteiger partial charge >= 0.3 is 0 Å². The van der Waals surface area contributed by atoms with E-state index in [2.05, 4.69) is 36.0 Å². The number of benzene rings is 1. The summed E-state index contributed by atoms with van der Waals surface area (Å²) in [5.74, 6) is -1.92. The molecule has 0 aromatic heterocycles. The molecule has 3 amide bonds. The summed E-state index contributed by atoms with van der Waals surface area (Å²) >= 11 is 3.77. The van der Waals surface area contributed by atoms with E-state index < -0.39 is 35.6 Å². The maximum absolute atomic E-state index is 14.6. The summed E-state index contributed by atoms with van der Waals surface area (Å²) in [6.45, 7) is 16.9. The lowest BCUT2D eigenvalue weighted by Crippen LogP contribution is -2.60. The largest absolute Gasteiger partial charge is 0.494 e. The molecule has 4 rings (SSSR count). The van der Waals surface area contributed by atoms with Crippen LogP contribution in [0, 0.1) is 17.8 Å². The van der Waals surface area contributed by atoms with Crippen LogP contribution in [0.1, 0.15) is 53.4 Å². The van der Waals surface area contributed by atoms with E-state index in [1.54, 1.807) is 26.9 Å². The predicted molar refractivity (Wildman–Crippen MR) is 175 cm³/mol. The van der Waals surface area contributed by atoms with E-state index in [1.807, 2.05) is 45.0 Å². The normalized spacial score (nSPS) is 27.8. The molecular formula is C34H48BrN3O6. The second-order valence-corrected chi connectivity index (χ2v) is 13.5. The third-order valence-corrected chi connectivity index (χ3v) is 10.1. The second kappa shape index (κ2) is 14.6. The third kappa shape index (κ3) is 6.09. The minimum atomic E-state index is -1.21. The Hall–Kier alpha value is -2.69. The topological polar surface area (TPSA) is 99.6 Å². The van der Waals surface area contributed by atoms with Gasteiger partial charge in [-0.05, 0) is 49.9 Å². The van der Waals surface area contributed by atoms with Gasteiger partial charge in [0.1, 0.15) is 17.4 Å². The summed E-state index contributed by atoms with van der Waals surface area (Å²) in [5.41, 5.74) is -0.557. The van der Waals surface area contributed by atoms with Gasteiger partial charge in [-0.1, -0.05) is 61.7 Å². The summed E-state index contributed by atoms with van der Waals surface area (Å²) in [5, 5.41) is 10.5. The number of carbonyl (C=O) groups excluding carboxylic acids is 3. The minimum Gasteiger partial charge on any atom is -0.494 e. The van der Waals surface area contributed by atoms with Crippen molar-refractivity contribution in [3.05, 3.63) is 49.6 Å². The van der Waals surface area contributed by atoms with Gasteiger partial charge in [0, 0.05) is 30.1 Å². The predicted octanol–water partition coefficient (Wildman–Crippen LogP) is 4.57. The van der Waals surface area contributed by atoms with Gasteiger partial charge in [-0.25, -0.2) is 0 Å². The molecule has 7 atom stereocenters. The zero-order chi connectivity index (χ0) is 32.2. The average Bonchev–Trinajstić information content (AvgIpc) is 3.59. The average molecular weight is 675 g/mol. The Morgan fingerprint density at radius 3 is 2.41 bits per heavy atom. The Morgan fingerprint density at radius 2 is 1.84 bits per heavy atom. The second-order valence-electron chi connectivity index (χ2n) is 12.3. The van der Waals surface area contributed by atoms with Gasteiger partial charge in [0.25, 0.3) is 0 Å². The lowest BCUT2D eigenvalue weighted by molar-refractivity contribution is -0.152. The van der Waals surface area contributed by atoms with Gasteiger partial charge in [-0.2, -0.15) is 0 Å². The SMILES string of the molecule is C=CCN(CCCCC)C(=O)C1N([C@@H](CO)C(C)C)C(=O)[C@@H]2[C@@H](C(=O)N(CC=C)c3ccc(OCC)cc3)[C@@H]3OC12CC3Br. The molecule has 0 saturated carbocycles. The molecule has 3 saturated heterocycles.